The number of para-hydroxylation sites is 1. The Balaban J connectivity index is 1.54. The average Bonchev–Trinajstić information content (AvgIpc) is 3.15. The van der Waals surface area contributed by atoms with E-state index in [1.54, 1.807) is 45.8 Å². The highest BCUT2D eigenvalue weighted by Gasteiger charge is 2.31. The molecule has 2 aromatic carbocycles. The van der Waals surface area contributed by atoms with E-state index in [9.17, 15) is 13.2 Å². The molecule has 4 rings (SSSR count). The summed E-state index contributed by atoms with van der Waals surface area (Å²) in [5.41, 5.74) is 1.28. The molecule has 8 heteroatoms. The van der Waals surface area contributed by atoms with E-state index in [0.29, 0.717) is 18.7 Å². The Morgan fingerprint density at radius 1 is 1.20 bits per heavy atom. The lowest BCUT2D eigenvalue weighted by Gasteiger charge is -2.32. The van der Waals surface area contributed by atoms with Crippen LogP contribution in [0.25, 0.3) is 10.2 Å². The van der Waals surface area contributed by atoms with E-state index in [1.165, 1.54) is 6.07 Å². The smallest absolute Gasteiger partial charge is 0.254 e. The van der Waals surface area contributed by atoms with Crippen LogP contribution in [-0.2, 0) is 16.6 Å². The van der Waals surface area contributed by atoms with Gasteiger partial charge in [0, 0.05) is 25.2 Å². The summed E-state index contributed by atoms with van der Waals surface area (Å²) in [5, 5.41) is 0.845. The van der Waals surface area contributed by atoms with Gasteiger partial charge in [-0.05, 0) is 50.1 Å². The van der Waals surface area contributed by atoms with E-state index < -0.39 is 10.0 Å². The van der Waals surface area contributed by atoms with Gasteiger partial charge in [0.25, 0.3) is 5.91 Å². The van der Waals surface area contributed by atoms with Crippen molar-refractivity contribution in [3.63, 3.8) is 0 Å². The molecule has 30 heavy (non-hydrogen) atoms. The summed E-state index contributed by atoms with van der Waals surface area (Å²) in [4.78, 5) is 19.3. The van der Waals surface area contributed by atoms with Gasteiger partial charge in [-0.25, -0.2) is 13.4 Å². The first-order valence-electron chi connectivity index (χ1n) is 10.1. The monoisotopic (exact) mass is 443 g/mol. The van der Waals surface area contributed by atoms with Crippen LogP contribution >= 0.6 is 11.3 Å². The van der Waals surface area contributed by atoms with E-state index in [-0.39, 0.29) is 16.8 Å². The molecular weight excluding hydrogens is 418 g/mol. The molecule has 0 radical (unpaired) electrons. The molecule has 0 bridgehead atoms. The van der Waals surface area contributed by atoms with Crippen LogP contribution in [0.5, 0.6) is 0 Å². The second-order valence-corrected chi connectivity index (χ2v) is 10.7. The number of hydrogen-bond donors (Lipinski definition) is 0. The first-order valence-corrected chi connectivity index (χ1v) is 12.3. The third-order valence-corrected chi connectivity index (χ3v) is 8.52. The lowest BCUT2D eigenvalue weighted by molar-refractivity contribution is 0.0785. The van der Waals surface area contributed by atoms with Crippen molar-refractivity contribution in [2.75, 3.05) is 13.6 Å². The minimum absolute atomic E-state index is 0.0233. The van der Waals surface area contributed by atoms with Gasteiger partial charge in [-0.2, -0.15) is 4.31 Å². The minimum Gasteiger partial charge on any atom is -0.335 e. The highest BCUT2D eigenvalue weighted by Crippen LogP contribution is 2.26. The van der Waals surface area contributed by atoms with Gasteiger partial charge in [0.2, 0.25) is 10.0 Å². The van der Waals surface area contributed by atoms with Crippen molar-refractivity contribution in [3.05, 3.63) is 59.1 Å². The molecule has 0 saturated carbocycles. The SMILES string of the molecule is C[C@H]1CCCCN1S(=O)(=O)c1cccc(C(=O)N(C)Cc2nc3ccccc3s2)c1. The van der Waals surface area contributed by atoms with Crippen molar-refractivity contribution in [1.82, 2.24) is 14.2 Å². The summed E-state index contributed by atoms with van der Waals surface area (Å²) in [6, 6.07) is 14.2. The van der Waals surface area contributed by atoms with Crippen molar-refractivity contribution in [2.24, 2.45) is 0 Å². The van der Waals surface area contributed by atoms with Crippen LogP contribution in [-0.4, -0.2) is 48.1 Å². The number of carbonyl (C=O) groups excluding carboxylic acids is 1. The highest BCUT2D eigenvalue weighted by atomic mass is 32.2. The molecule has 0 aliphatic carbocycles. The number of sulfonamides is 1. The lowest BCUT2D eigenvalue weighted by Crippen LogP contribution is -2.42. The summed E-state index contributed by atoms with van der Waals surface area (Å²) in [7, 11) is -1.91. The van der Waals surface area contributed by atoms with Crippen molar-refractivity contribution in [1.29, 1.82) is 0 Å². The Hall–Kier alpha value is -2.29. The molecule has 1 amide bonds. The Morgan fingerprint density at radius 2 is 2.00 bits per heavy atom. The molecule has 0 spiro atoms. The van der Waals surface area contributed by atoms with E-state index in [2.05, 4.69) is 4.98 Å². The van der Waals surface area contributed by atoms with Gasteiger partial charge in [-0.3, -0.25) is 4.79 Å². The van der Waals surface area contributed by atoms with Crippen molar-refractivity contribution >= 4 is 37.5 Å². The lowest BCUT2D eigenvalue weighted by atomic mass is 10.1. The third-order valence-electron chi connectivity index (χ3n) is 5.49. The van der Waals surface area contributed by atoms with E-state index >= 15 is 0 Å². The first kappa shape index (κ1) is 21.0. The van der Waals surface area contributed by atoms with E-state index in [4.69, 9.17) is 0 Å². The summed E-state index contributed by atoms with van der Waals surface area (Å²) >= 11 is 1.56. The summed E-state index contributed by atoms with van der Waals surface area (Å²) in [6.07, 6.45) is 2.78. The van der Waals surface area contributed by atoms with Gasteiger partial charge in [-0.1, -0.05) is 24.6 Å². The summed E-state index contributed by atoms with van der Waals surface area (Å²) in [5.74, 6) is -0.224. The maximum absolute atomic E-state index is 13.1. The molecule has 0 unspecified atom stereocenters. The summed E-state index contributed by atoms with van der Waals surface area (Å²) in [6.45, 7) is 2.84. The average molecular weight is 444 g/mol. The number of piperidine rings is 1. The fourth-order valence-corrected chi connectivity index (χ4v) is 6.60. The van der Waals surface area contributed by atoms with E-state index in [1.807, 2.05) is 31.2 Å². The second kappa shape index (κ2) is 8.45. The number of fused-ring (bicyclic) bond motifs is 1. The maximum atomic E-state index is 13.1. The molecule has 2 heterocycles. The fraction of sp³-hybridized carbons (Fsp3) is 0.364. The van der Waals surface area contributed by atoms with Gasteiger partial charge in [0.1, 0.15) is 5.01 Å². The molecular formula is C22H25N3O3S2. The number of rotatable bonds is 5. The highest BCUT2D eigenvalue weighted by molar-refractivity contribution is 7.89. The Labute approximate surface area is 181 Å². The van der Waals surface area contributed by atoms with Crippen molar-refractivity contribution in [3.8, 4) is 0 Å². The predicted molar refractivity (Wildman–Crippen MR) is 119 cm³/mol. The molecule has 1 atom stereocenters. The van der Waals surface area contributed by atoms with Crippen LogP contribution in [0.3, 0.4) is 0 Å². The fourth-order valence-electron chi connectivity index (χ4n) is 3.84. The maximum Gasteiger partial charge on any atom is 0.254 e. The molecule has 6 nitrogen and oxygen atoms in total. The van der Waals surface area contributed by atoms with Crippen LogP contribution in [0, 0.1) is 0 Å². The molecule has 1 aliphatic heterocycles. The third kappa shape index (κ3) is 4.12. The number of thiazole rings is 1. The van der Waals surface area contributed by atoms with Crippen LogP contribution in [0.2, 0.25) is 0 Å². The quantitative estimate of drug-likeness (QED) is 0.594. The number of carbonyl (C=O) groups is 1. The number of benzene rings is 2. The molecule has 1 aromatic heterocycles. The Morgan fingerprint density at radius 3 is 2.77 bits per heavy atom. The van der Waals surface area contributed by atoms with Crippen molar-refractivity contribution < 1.29 is 13.2 Å². The molecule has 1 fully saturated rings. The molecule has 1 aliphatic rings. The molecule has 0 N–H and O–H groups in total. The van der Waals surface area contributed by atoms with Gasteiger partial charge in [-0.15, -0.1) is 11.3 Å². The minimum atomic E-state index is -3.62. The van der Waals surface area contributed by atoms with Crippen molar-refractivity contribution in [2.45, 2.75) is 43.7 Å². The topological polar surface area (TPSA) is 70.6 Å². The zero-order valence-corrected chi connectivity index (χ0v) is 18.7. The standard InChI is InChI=1S/C22H25N3O3S2/c1-16-8-5-6-13-25(16)30(27,28)18-10-7-9-17(14-18)22(26)24(2)15-21-23-19-11-3-4-12-20(19)29-21/h3-4,7,9-12,14,16H,5-6,8,13,15H2,1-2H3/t16-/m0/s1. The molecule has 158 valence electrons. The van der Waals surface area contributed by atoms with Crippen LogP contribution in [0.15, 0.2) is 53.4 Å². The Kier molecular flexibility index (Phi) is 5.90. The normalized spacial score (nSPS) is 17.9. The summed E-state index contributed by atoms with van der Waals surface area (Å²) < 4.78 is 28.9. The molecule has 1 saturated heterocycles. The van der Waals surface area contributed by atoms with Gasteiger partial charge in [0.15, 0.2) is 0 Å². The zero-order chi connectivity index (χ0) is 21.3. The predicted octanol–water partition coefficient (Wildman–Crippen LogP) is 4.13. The number of nitrogens with zero attached hydrogens (tertiary/aromatic N) is 3. The van der Waals surface area contributed by atoms with Gasteiger partial charge >= 0.3 is 0 Å². The number of amides is 1. The number of aromatic nitrogens is 1. The zero-order valence-electron chi connectivity index (χ0n) is 17.1. The second-order valence-electron chi connectivity index (χ2n) is 7.72. The largest absolute Gasteiger partial charge is 0.335 e. The number of hydrogen-bond acceptors (Lipinski definition) is 5. The van der Waals surface area contributed by atoms with Gasteiger partial charge < -0.3 is 4.90 Å². The van der Waals surface area contributed by atoms with Crippen LogP contribution in [0.1, 0.15) is 41.6 Å². The Bertz CT molecular complexity index is 1140. The van der Waals surface area contributed by atoms with Gasteiger partial charge in [0.05, 0.1) is 21.7 Å². The molecule has 3 aromatic rings. The van der Waals surface area contributed by atoms with Crippen LogP contribution < -0.4 is 0 Å². The van der Waals surface area contributed by atoms with E-state index in [0.717, 1.165) is 34.5 Å². The van der Waals surface area contributed by atoms with Crippen LogP contribution in [0.4, 0.5) is 0 Å². The first-order chi connectivity index (χ1) is 14.4.